The molecule has 5 atom stereocenters. The fourth-order valence-corrected chi connectivity index (χ4v) is 3.97. The van der Waals surface area contributed by atoms with Crippen molar-refractivity contribution >= 4 is 39.8 Å². The zero-order chi connectivity index (χ0) is 24.7. The van der Waals surface area contributed by atoms with Gasteiger partial charge in [0.15, 0.2) is 18.3 Å². The first-order valence-electron chi connectivity index (χ1n) is 9.96. The molecule has 0 bridgehead atoms. The molecule has 1 aliphatic heterocycles. The van der Waals surface area contributed by atoms with E-state index in [2.05, 4.69) is 22.0 Å². The Morgan fingerprint density at radius 3 is 2.03 bits per heavy atom. The molecule has 0 spiro atoms. The number of carbonyl (C=O) groups is 4. The van der Waals surface area contributed by atoms with Gasteiger partial charge in [-0.3, -0.25) is 19.2 Å². The van der Waals surface area contributed by atoms with Crippen LogP contribution in [0.25, 0.3) is 0 Å². The van der Waals surface area contributed by atoms with E-state index < -0.39 is 54.4 Å². The van der Waals surface area contributed by atoms with Gasteiger partial charge in [-0.1, -0.05) is 28.1 Å². The van der Waals surface area contributed by atoms with Gasteiger partial charge in [-0.25, -0.2) is 0 Å². The van der Waals surface area contributed by atoms with Gasteiger partial charge in [0.25, 0.3) is 0 Å². The largest absolute Gasteiger partial charge is 0.463 e. The summed E-state index contributed by atoms with van der Waals surface area (Å²) in [5.41, 5.74) is 1.60. The maximum absolute atomic E-state index is 11.9. The molecule has 0 amide bonds. The van der Waals surface area contributed by atoms with Crippen LogP contribution in [-0.2, 0) is 48.2 Å². The number of alkyl halides is 1. The molecule has 2 rings (SSSR count). The van der Waals surface area contributed by atoms with E-state index in [0.717, 1.165) is 13.8 Å². The van der Waals surface area contributed by atoms with Crippen molar-refractivity contribution in [3.05, 3.63) is 34.9 Å². The topological polar surface area (TPSA) is 138 Å². The fraction of sp³-hybridized carbons (Fsp3) is 0.500. The lowest BCUT2D eigenvalue weighted by atomic mass is 9.89. The monoisotopic (exact) mass is 525 g/mol. The maximum Gasteiger partial charge on any atom is 0.303 e. The summed E-state index contributed by atoms with van der Waals surface area (Å²) in [4.78, 5) is 47.0. The number of nitrogens with zero attached hydrogens (tertiary/aromatic N) is 1. The van der Waals surface area contributed by atoms with Crippen molar-refractivity contribution < 1.29 is 42.9 Å². The van der Waals surface area contributed by atoms with Gasteiger partial charge in [0, 0.05) is 33.0 Å². The zero-order valence-electron chi connectivity index (χ0n) is 18.5. The standard InChI is InChI=1S/C22H24BrNO9/c1-11(25)29-10-18-20(30-12(2)26)22(32-14(4)28)21(31-13(3)27)19(33-18)15-5-6-16(9-24)17(7-15)8-23/h5-7,18-22H,8,10H2,1-4H3/t18-,19?,20-,21+,22+/m1/s1. The lowest BCUT2D eigenvalue weighted by Gasteiger charge is -2.44. The normalized spacial score (nSPS) is 24.2. The molecule has 11 heteroatoms. The van der Waals surface area contributed by atoms with Gasteiger partial charge in [0.1, 0.15) is 18.8 Å². The molecule has 1 aromatic carbocycles. The molecule has 1 heterocycles. The third-order valence-electron chi connectivity index (χ3n) is 4.71. The lowest BCUT2D eigenvalue weighted by molar-refractivity contribution is -0.254. The number of benzene rings is 1. The second kappa shape index (κ2) is 11.8. The number of hydrogen-bond acceptors (Lipinski definition) is 10. The van der Waals surface area contributed by atoms with Crippen molar-refractivity contribution in [1.82, 2.24) is 0 Å². The molecule has 0 saturated carbocycles. The molecule has 33 heavy (non-hydrogen) atoms. The zero-order valence-corrected chi connectivity index (χ0v) is 20.1. The lowest BCUT2D eigenvalue weighted by Crippen LogP contribution is -2.59. The third kappa shape index (κ3) is 7.00. The molecule has 178 valence electrons. The van der Waals surface area contributed by atoms with Crippen LogP contribution in [0.3, 0.4) is 0 Å². The molecule has 0 radical (unpaired) electrons. The number of rotatable bonds is 7. The first kappa shape index (κ1) is 26.3. The highest BCUT2D eigenvalue weighted by Crippen LogP contribution is 2.38. The van der Waals surface area contributed by atoms with Gasteiger partial charge in [0.05, 0.1) is 11.6 Å². The molecular formula is C22H24BrNO9. The summed E-state index contributed by atoms with van der Waals surface area (Å²) in [5.74, 6) is -2.68. The van der Waals surface area contributed by atoms with Gasteiger partial charge >= 0.3 is 23.9 Å². The highest BCUT2D eigenvalue weighted by atomic mass is 79.9. The van der Waals surface area contributed by atoms with Crippen LogP contribution in [0.1, 0.15) is 50.5 Å². The average molecular weight is 526 g/mol. The summed E-state index contributed by atoms with van der Waals surface area (Å²) >= 11 is 3.34. The first-order valence-corrected chi connectivity index (χ1v) is 11.1. The number of esters is 4. The molecule has 1 saturated heterocycles. The van der Waals surface area contributed by atoms with E-state index >= 15 is 0 Å². The minimum Gasteiger partial charge on any atom is -0.463 e. The summed E-state index contributed by atoms with van der Waals surface area (Å²) in [7, 11) is 0. The fourth-order valence-electron chi connectivity index (χ4n) is 3.51. The van der Waals surface area contributed by atoms with E-state index in [-0.39, 0.29) is 6.61 Å². The third-order valence-corrected chi connectivity index (χ3v) is 5.32. The van der Waals surface area contributed by atoms with Gasteiger partial charge in [-0.15, -0.1) is 0 Å². The number of hydrogen-bond donors (Lipinski definition) is 0. The van der Waals surface area contributed by atoms with Gasteiger partial charge in [0.2, 0.25) is 0 Å². The van der Waals surface area contributed by atoms with Crippen molar-refractivity contribution in [3.8, 4) is 6.07 Å². The second-order valence-electron chi connectivity index (χ2n) is 7.28. The van der Waals surface area contributed by atoms with Crippen LogP contribution >= 0.6 is 15.9 Å². The number of halogens is 1. The molecule has 1 fully saturated rings. The minimum atomic E-state index is -1.25. The molecule has 10 nitrogen and oxygen atoms in total. The van der Waals surface area contributed by atoms with E-state index in [1.54, 1.807) is 18.2 Å². The van der Waals surface area contributed by atoms with Gasteiger partial charge < -0.3 is 23.7 Å². The predicted octanol–water partition coefficient (Wildman–Crippen LogP) is 2.25. The summed E-state index contributed by atoms with van der Waals surface area (Å²) in [5, 5.41) is 9.69. The summed E-state index contributed by atoms with van der Waals surface area (Å²) < 4.78 is 27.4. The highest BCUT2D eigenvalue weighted by Gasteiger charge is 2.52. The quantitative estimate of drug-likeness (QED) is 0.295. The Kier molecular flexibility index (Phi) is 9.37. The van der Waals surface area contributed by atoms with Crippen molar-refractivity contribution in [1.29, 1.82) is 5.26 Å². The Balaban J connectivity index is 2.61. The Hall–Kier alpha value is -2.97. The number of carbonyl (C=O) groups excluding carboxylic acids is 4. The van der Waals surface area contributed by atoms with Crippen molar-refractivity contribution in [2.75, 3.05) is 6.61 Å². The maximum atomic E-state index is 11.9. The molecule has 0 aromatic heterocycles. The van der Waals surface area contributed by atoms with Crippen LogP contribution in [0.2, 0.25) is 0 Å². The van der Waals surface area contributed by atoms with Crippen LogP contribution < -0.4 is 0 Å². The summed E-state index contributed by atoms with van der Waals surface area (Å²) in [6.45, 7) is 4.39. The van der Waals surface area contributed by atoms with Crippen molar-refractivity contribution in [3.63, 3.8) is 0 Å². The van der Waals surface area contributed by atoms with E-state index in [4.69, 9.17) is 23.7 Å². The number of ether oxygens (including phenoxy) is 5. The van der Waals surface area contributed by atoms with Crippen LogP contribution in [0.15, 0.2) is 18.2 Å². The van der Waals surface area contributed by atoms with E-state index in [0.29, 0.717) is 22.0 Å². The smallest absolute Gasteiger partial charge is 0.303 e. The van der Waals surface area contributed by atoms with Crippen LogP contribution in [0.4, 0.5) is 0 Å². The molecular weight excluding hydrogens is 502 g/mol. The molecule has 1 aromatic rings. The number of nitriles is 1. The molecule has 0 N–H and O–H groups in total. The van der Waals surface area contributed by atoms with E-state index in [1.807, 2.05) is 0 Å². The second-order valence-corrected chi connectivity index (χ2v) is 7.84. The first-order chi connectivity index (χ1) is 15.6. The highest BCUT2D eigenvalue weighted by molar-refractivity contribution is 9.08. The van der Waals surface area contributed by atoms with Crippen LogP contribution in [0.5, 0.6) is 0 Å². The van der Waals surface area contributed by atoms with E-state index in [9.17, 15) is 24.4 Å². The Bertz CT molecular complexity index is 958. The minimum absolute atomic E-state index is 0.310. The molecule has 0 aliphatic carbocycles. The van der Waals surface area contributed by atoms with Crippen LogP contribution in [-0.4, -0.2) is 54.9 Å². The van der Waals surface area contributed by atoms with E-state index in [1.165, 1.54) is 13.8 Å². The summed E-state index contributed by atoms with van der Waals surface area (Å²) in [6.07, 6.45) is -5.70. The van der Waals surface area contributed by atoms with Gasteiger partial charge in [-0.05, 0) is 17.2 Å². The average Bonchev–Trinajstić information content (AvgIpc) is 2.73. The molecule has 1 unspecified atom stereocenters. The van der Waals surface area contributed by atoms with Crippen LogP contribution in [0, 0.1) is 11.3 Å². The Morgan fingerprint density at radius 2 is 1.52 bits per heavy atom. The Morgan fingerprint density at radius 1 is 0.939 bits per heavy atom. The Labute approximate surface area is 199 Å². The van der Waals surface area contributed by atoms with Crippen molar-refractivity contribution in [2.45, 2.75) is 63.5 Å². The SMILES string of the molecule is CC(=O)OC[C@H]1OC(c2ccc(C#N)c(CBr)c2)[C@H](OC(C)=O)[C@@H](OC(C)=O)[C@@H]1OC(C)=O. The predicted molar refractivity (Wildman–Crippen MR) is 115 cm³/mol. The van der Waals surface area contributed by atoms with Gasteiger partial charge in [-0.2, -0.15) is 5.26 Å². The van der Waals surface area contributed by atoms with Crippen molar-refractivity contribution in [2.24, 2.45) is 0 Å². The molecule has 1 aliphatic rings. The summed E-state index contributed by atoms with van der Waals surface area (Å²) in [6, 6.07) is 6.97.